The molecule has 1 rings (SSSR count). The quantitative estimate of drug-likeness (QED) is 0.443. The maximum Gasteiger partial charge on any atom is 0.255 e. The summed E-state index contributed by atoms with van der Waals surface area (Å²) in [4.78, 5) is 15.0. The highest BCUT2D eigenvalue weighted by Gasteiger charge is 2.55. The third-order valence-electron chi connectivity index (χ3n) is 7.06. The number of carbonyl (C=O) groups is 1. The van der Waals surface area contributed by atoms with E-state index in [-0.39, 0.29) is 16.0 Å². The zero-order valence-electron chi connectivity index (χ0n) is 22.4. The molecule has 0 aliphatic carbocycles. The molecule has 5 nitrogen and oxygen atoms in total. The smallest absolute Gasteiger partial charge is 0.255 e. The number of amides is 1. The molecular formula is C23H49NO4Si3. The molecule has 1 fully saturated rings. The molecule has 1 amide bonds. The molecule has 1 heterocycles. The SMILES string of the molecule is CC(C)(C)[Si](C)(C)O[C@H]1C(=O)N(CC/C=C\[Si](C)(C)C)C(O)[C@@H]1O[Si](C)(C)C(C)(C)C. The van der Waals surface area contributed by atoms with E-state index in [1.807, 2.05) is 0 Å². The summed E-state index contributed by atoms with van der Waals surface area (Å²) < 4.78 is 13.2. The average Bonchev–Trinajstić information content (AvgIpc) is 2.72. The minimum absolute atomic E-state index is 0.0230. The summed E-state index contributed by atoms with van der Waals surface area (Å²) >= 11 is 0. The van der Waals surface area contributed by atoms with Crippen LogP contribution in [0.4, 0.5) is 0 Å². The van der Waals surface area contributed by atoms with Crippen molar-refractivity contribution in [3.8, 4) is 0 Å². The van der Waals surface area contributed by atoms with Gasteiger partial charge in [-0.25, -0.2) is 0 Å². The van der Waals surface area contributed by atoms with Crippen molar-refractivity contribution in [3.05, 3.63) is 11.8 Å². The number of hydrogen-bond donors (Lipinski definition) is 1. The first-order valence-corrected chi connectivity index (χ1v) is 21.0. The second kappa shape index (κ2) is 9.54. The molecule has 0 radical (unpaired) electrons. The molecule has 182 valence electrons. The number of aliphatic hydroxyl groups is 1. The molecule has 1 aliphatic rings. The zero-order chi connectivity index (χ0) is 24.6. The molecule has 1 N–H and O–H groups in total. The molecule has 8 heteroatoms. The highest BCUT2D eigenvalue weighted by atomic mass is 28.4. The fourth-order valence-electron chi connectivity index (χ4n) is 2.91. The van der Waals surface area contributed by atoms with Crippen LogP contribution in [0.25, 0.3) is 0 Å². The Morgan fingerprint density at radius 2 is 1.35 bits per heavy atom. The van der Waals surface area contributed by atoms with E-state index < -0.39 is 43.1 Å². The van der Waals surface area contributed by atoms with E-state index in [0.717, 1.165) is 6.42 Å². The summed E-state index contributed by atoms with van der Waals surface area (Å²) in [6, 6.07) is 0. The Morgan fingerprint density at radius 3 is 1.77 bits per heavy atom. The number of carbonyl (C=O) groups excluding carboxylic acids is 1. The van der Waals surface area contributed by atoms with Gasteiger partial charge in [-0.15, -0.1) is 0 Å². The molecule has 1 aliphatic heterocycles. The first kappa shape index (κ1) is 28.8. The fraction of sp³-hybridized carbons (Fsp3) is 0.870. The van der Waals surface area contributed by atoms with E-state index in [0.29, 0.717) is 6.54 Å². The van der Waals surface area contributed by atoms with Gasteiger partial charge in [0.25, 0.3) is 5.91 Å². The summed E-state index contributed by atoms with van der Waals surface area (Å²) in [5.74, 6) is -0.137. The van der Waals surface area contributed by atoms with Crippen molar-refractivity contribution in [3.63, 3.8) is 0 Å². The van der Waals surface area contributed by atoms with Crippen LogP contribution in [0.3, 0.4) is 0 Å². The molecule has 0 aromatic heterocycles. The van der Waals surface area contributed by atoms with Crippen molar-refractivity contribution >= 4 is 30.6 Å². The largest absolute Gasteiger partial charge is 0.406 e. The van der Waals surface area contributed by atoms with E-state index >= 15 is 0 Å². The van der Waals surface area contributed by atoms with Crippen LogP contribution < -0.4 is 0 Å². The van der Waals surface area contributed by atoms with Crippen LogP contribution in [0.2, 0.25) is 55.9 Å². The van der Waals surface area contributed by atoms with Crippen molar-refractivity contribution in [2.75, 3.05) is 6.54 Å². The van der Waals surface area contributed by atoms with E-state index in [4.69, 9.17) is 8.85 Å². The van der Waals surface area contributed by atoms with Crippen molar-refractivity contribution in [2.45, 2.75) is 122 Å². The number of hydrogen-bond acceptors (Lipinski definition) is 4. The topological polar surface area (TPSA) is 59.0 Å². The highest BCUT2D eigenvalue weighted by Crippen LogP contribution is 2.42. The third-order valence-corrected chi connectivity index (χ3v) is 17.2. The minimum Gasteiger partial charge on any atom is -0.406 e. The van der Waals surface area contributed by atoms with Crippen LogP contribution in [0, 0.1) is 0 Å². The maximum atomic E-state index is 13.4. The standard InChI is InChI=1S/C23H49NO4Si3/c1-22(2,3)30(10,11)27-18-19(28-31(12,13)23(4,5)6)21(26)24(20(18)25)16-14-15-17-29(7,8)9/h15,17-20,25H,14,16H2,1-13H3/b17-15-/t18-,19-,20?/m1/s1. The lowest BCUT2D eigenvalue weighted by Gasteiger charge is -2.42. The molecule has 0 saturated carbocycles. The summed E-state index contributed by atoms with van der Waals surface area (Å²) in [5.41, 5.74) is 2.28. The molecule has 1 saturated heterocycles. The number of likely N-dealkylation sites (tertiary alicyclic amines) is 1. The Bertz CT molecular complexity index is 657. The molecule has 0 spiro atoms. The first-order valence-electron chi connectivity index (χ1n) is 11.6. The summed E-state index contributed by atoms with van der Waals surface area (Å²) in [7, 11) is -5.72. The Morgan fingerprint density at radius 1 is 0.903 bits per heavy atom. The van der Waals surface area contributed by atoms with Gasteiger partial charge >= 0.3 is 0 Å². The lowest BCUT2D eigenvalue weighted by Crippen LogP contribution is -2.53. The maximum absolute atomic E-state index is 13.4. The van der Waals surface area contributed by atoms with Gasteiger partial charge in [0.15, 0.2) is 29.0 Å². The van der Waals surface area contributed by atoms with Gasteiger partial charge in [-0.1, -0.05) is 73.0 Å². The fourth-order valence-corrected chi connectivity index (χ4v) is 6.29. The second-order valence-electron chi connectivity index (χ2n) is 13.1. The van der Waals surface area contributed by atoms with Gasteiger partial charge < -0.3 is 18.9 Å². The average molecular weight is 488 g/mol. The number of rotatable bonds is 8. The minimum atomic E-state index is -2.23. The lowest BCUT2D eigenvalue weighted by atomic mass is 10.2. The normalized spacial score (nSPS) is 24.5. The van der Waals surface area contributed by atoms with Crippen molar-refractivity contribution in [1.29, 1.82) is 0 Å². The van der Waals surface area contributed by atoms with E-state index in [1.54, 1.807) is 4.90 Å². The summed E-state index contributed by atoms with van der Waals surface area (Å²) in [6.07, 6.45) is 0.510. The molecule has 1 unspecified atom stereocenters. The van der Waals surface area contributed by atoms with Crippen LogP contribution in [-0.4, -0.2) is 65.6 Å². The summed E-state index contributed by atoms with van der Waals surface area (Å²) in [6.45, 7) is 29.0. The second-order valence-corrected chi connectivity index (χ2v) is 27.7. The van der Waals surface area contributed by atoms with Gasteiger partial charge in [0.2, 0.25) is 0 Å². The van der Waals surface area contributed by atoms with Crippen LogP contribution in [0.5, 0.6) is 0 Å². The molecular weight excluding hydrogens is 439 g/mol. The summed E-state index contributed by atoms with van der Waals surface area (Å²) in [5, 5.41) is 11.1. The van der Waals surface area contributed by atoms with E-state index in [1.165, 1.54) is 0 Å². The van der Waals surface area contributed by atoms with Gasteiger partial charge in [-0.3, -0.25) is 4.79 Å². The van der Waals surface area contributed by atoms with Crippen LogP contribution in [0.15, 0.2) is 11.8 Å². The van der Waals surface area contributed by atoms with Gasteiger partial charge in [-0.05, 0) is 42.7 Å². The Balaban J connectivity index is 3.19. The Hall–Kier alpha value is -0.259. The Labute approximate surface area is 194 Å². The predicted octanol–water partition coefficient (Wildman–Crippen LogP) is 5.75. The van der Waals surface area contributed by atoms with Crippen LogP contribution in [-0.2, 0) is 13.6 Å². The van der Waals surface area contributed by atoms with Crippen molar-refractivity contribution < 1.29 is 18.8 Å². The van der Waals surface area contributed by atoms with Crippen molar-refractivity contribution in [1.82, 2.24) is 4.90 Å². The molecule has 31 heavy (non-hydrogen) atoms. The zero-order valence-corrected chi connectivity index (χ0v) is 25.4. The van der Waals surface area contributed by atoms with Crippen LogP contribution >= 0.6 is 0 Å². The van der Waals surface area contributed by atoms with Crippen LogP contribution in [0.1, 0.15) is 48.0 Å². The van der Waals surface area contributed by atoms with Gasteiger partial charge in [0.05, 0.1) is 8.07 Å². The van der Waals surface area contributed by atoms with Gasteiger partial charge in [-0.2, -0.15) is 0 Å². The van der Waals surface area contributed by atoms with Crippen molar-refractivity contribution in [2.24, 2.45) is 0 Å². The molecule has 0 aromatic carbocycles. The Kier molecular flexibility index (Phi) is 8.86. The number of nitrogens with zero attached hydrogens (tertiary/aromatic N) is 1. The molecule has 0 bridgehead atoms. The predicted molar refractivity (Wildman–Crippen MR) is 139 cm³/mol. The highest BCUT2D eigenvalue weighted by molar-refractivity contribution is 6.81. The molecule has 3 atom stereocenters. The van der Waals surface area contributed by atoms with E-state index in [9.17, 15) is 9.90 Å². The van der Waals surface area contributed by atoms with Gasteiger partial charge in [0, 0.05) is 6.54 Å². The third kappa shape index (κ3) is 7.37. The monoisotopic (exact) mass is 487 g/mol. The lowest BCUT2D eigenvalue weighted by molar-refractivity contribution is -0.137. The molecule has 0 aromatic rings. The number of aliphatic hydroxyl groups excluding tert-OH is 1. The first-order chi connectivity index (χ1) is 13.6. The van der Waals surface area contributed by atoms with E-state index in [2.05, 4.69) is 99.1 Å². The van der Waals surface area contributed by atoms with Gasteiger partial charge in [0.1, 0.15) is 6.10 Å².